The van der Waals surface area contributed by atoms with Crippen LogP contribution in [0.15, 0.2) is 30.3 Å². The lowest BCUT2D eigenvalue weighted by atomic mass is 9.87. The van der Waals surface area contributed by atoms with Crippen LogP contribution in [0.4, 0.5) is 0 Å². The first-order chi connectivity index (χ1) is 6.29. The van der Waals surface area contributed by atoms with Crippen LogP contribution in [-0.2, 0) is 0 Å². The van der Waals surface area contributed by atoms with Crippen LogP contribution in [0.3, 0.4) is 0 Å². The van der Waals surface area contributed by atoms with Gasteiger partial charge in [-0.3, -0.25) is 0 Å². The zero-order valence-electron chi connectivity index (χ0n) is 8.20. The van der Waals surface area contributed by atoms with Crippen LogP contribution in [0, 0.1) is 17.2 Å². The topological polar surface area (TPSA) is 23.8 Å². The van der Waals surface area contributed by atoms with E-state index in [2.05, 4.69) is 19.9 Å². The van der Waals surface area contributed by atoms with Gasteiger partial charge < -0.3 is 0 Å². The Balaban J connectivity index is 2.86. The summed E-state index contributed by atoms with van der Waals surface area (Å²) in [5.41, 5.74) is 1.14. The standard InChI is InChI=1S/C12H15N/c1-3-10(2)12(9-13)11-7-5-4-6-8-11/h4-8,10,12H,3H2,1-2H3. The molecule has 2 atom stereocenters. The Morgan fingerprint density at radius 2 is 1.92 bits per heavy atom. The molecular weight excluding hydrogens is 158 g/mol. The molecule has 0 aliphatic rings. The summed E-state index contributed by atoms with van der Waals surface area (Å²) < 4.78 is 0. The van der Waals surface area contributed by atoms with Crippen molar-refractivity contribution in [2.45, 2.75) is 26.2 Å². The van der Waals surface area contributed by atoms with Gasteiger partial charge >= 0.3 is 0 Å². The first-order valence-corrected chi connectivity index (χ1v) is 4.74. The maximum Gasteiger partial charge on any atom is 0.0738 e. The highest BCUT2D eigenvalue weighted by Gasteiger charge is 2.16. The van der Waals surface area contributed by atoms with Gasteiger partial charge in [-0.1, -0.05) is 50.6 Å². The predicted molar refractivity (Wildman–Crippen MR) is 54.3 cm³/mol. The van der Waals surface area contributed by atoms with E-state index < -0.39 is 0 Å². The molecule has 1 aromatic carbocycles. The van der Waals surface area contributed by atoms with Crippen LogP contribution < -0.4 is 0 Å². The molecule has 0 spiro atoms. The van der Waals surface area contributed by atoms with Gasteiger partial charge in [0, 0.05) is 0 Å². The summed E-state index contributed by atoms with van der Waals surface area (Å²) in [6, 6.07) is 12.4. The van der Waals surface area contributed by atoms with E-state index in [1.54, 1.807) is 0 Å². The lowest BCUT2D eigenvalue weighted by Crippen LogP contribution is -2.06. The molecule has 1 heteroatoms. The molecule has 1 aromatic rings. The summed E-state index contributed by atoms with van der Waals surface area (Å²) >= 11 is 0. The van der Waals surface area contributed by atoms with Crippen molar-refractivity contribution in [3.05, 3.63) is 35.9 Å². The molecule has 0 saturated carbocycles. The van der Waals surface area contributed by atoms with E-state index in [1.807, 2.05) is 30.3 Å². The van der Waals surface area contributed by atoms with E-state index in [9.17, 15) is 0 Å². The monoisotopic (exact) mass is 173 g/mol. The zero-order valence-corrected chi connectivity index (χ0v) is 8.20. The molecule has 0 radical (unpaired) electrons. The smallest absolute Gasteiger partial charge is 0.0738 e. The van der Waals surface area contributed by atoms with Gasteiger partial charge in [-0.05, 0) is 11.5 Å². The average Bonchev–Trinajstić information content (AvgIpc) is 2.20. The van der Waals surface area contributed by atoms with Gasteiger partial charge in [0.15, 0.2) is 0 Å². The second-order valence-corrected chi connectivity index (χ2v) is 3.40. The fraction of sp³-hybridized carbons (Fsp3) is 0.417. The number of benzene rings is 1. The van der Waals surface area contributed by atoms with Gasteiger partial charge in [0.05, 0.1) is 12.0 Å². The van der Waals surface area contributed by atoms with Crippen molar-refractivity contribution in [2.24, 2.45) is 5.92 Å². The van der Waals surface area contributed by atoms with Crippen LogP contribution >= 0.6 is 0 Å². The number of nitrogens with zero attached hydrogens (tertiary/aromatic N) is 1. The van der Waals surface area contributed by atoms with Crippen molar-refractivity contribution < 1.29 is 0 Å². The molecule has 0 saturated heterocycles. The molecule has 0 aromatic heterocycles. The fourth-order valence-electron chi connectivity index (χ4n) is 1.43. The average molecular weight is 173 g/mol. The lowest BCUT2D eigenvalue weighted by molar-refractivity contribution is 0.514. The normalized spacial score (nSPS) is 14.5. The Bertz CT molecular complexity index is 284. The van der Waals surface area contributed by atoms with E-state index in [-0.39, 0.29) is 5.92 Å². The van der Waals surface area contributed by atoms with Crippen LogP contribution in [0.5, 0.6) is 0 Å². The van der Waals surface area contributed by atoms with Crippen LogP contribution in [0.1, 0.15) is 31.7 Å². The molecule has 0 heterocycles. The molecule has 0 aliphatic carbocycles. The van der Waals surface area contributed by atoms with Crippen LogP contribution in [0.2, 0.25) is 0 Å². The molecule has 0 N–H and O–H groups in total. The van der Waals surface area contributed by atoms with Crippen molar-refractivity contribution in [1.29, 1.82) is 5.26 Å². The molecule has 13 heavy (non-hydrogen) atoms. The van der Waals surface area contributed by atoms with E-state index in [0.29, 0.717) is 5.92 Å². The number of nitriles is 1. The van der Waals surface area contributed by atoms with Crippen molar-refractivity contribution >= 4 is 0 Å². The Morgan fingerprint density at radius 1 is 1.31 bits per heavy atom. The highest BCUT2D eigenvalue weighted by Crippen LogP contribution is 2.25. The Labute approximate surface area is 80.0 Å². The SMILES string of the molecule is CCC(C)C(C#N)c1ccccc1. The van der Waals surface area contributed by atoms with Crippen LogP contribution in [-0.4, -0.2) is 0 Å². The first kappa shape index (κ1) is 9.80. The number of rotatable bonds is 3. The van der Waals surface area contributed by atoms with E-state index in [0.717, 1.165) is 12.0 Å². The van der Waals surface area contributed by atoms with Crippen molar-refractivity contribution in [2.75, 3.05) is 0 Å². The van der Waals surface area contributed by atoms with Gasteiger partial charge in [-0.2, -0.15) is 5.26 Å². The first-order valence-electron chi connectivity index (χ1n) is 4.74. The Kier molecular flexibility index (Phi) is 3.52. The van der Waals surface area contributed by atoms with Gasteiger partial charge in [-0.25, -0.2) is 0 Å². The minimum absolute atomic E-state index is 0.0474. The summed E-state index contributed by atoms with van der Waals surface area (Å²) in [6.45, 7) is 4.25. The number of hydrogen-bond donors (Lipinski definition) is 0. The Morgan fingerprint density at radius 3 is 2.38 bits per heavy atom. The third-order valence-corrected chi connectivity index (χ3v) is 2.51. The molecular formula is C12H15N. The molecule has 0 fully saturated rings. The summed E-state index contributed by atoms with van der Waals surface area (Å²) in [4.78, 5) is 0. The molecule has 0 aliphatic heterocycles. The van der Waals surface area contributed by atoms with E-state index >= 15 is 0 Å². The van der Waals surface area contributed by atoms with Gasteiger partial charge in [0.2, 0.25) is 0 Å². The highest BCUT2D eigenvalue weighted by atomic mass is 14.3. The second kappa shape index (κ2) is 4.67. The van der Waals surface area contributed by atoms with Crippen molar-refractivity contribution in [1.82, 2.24) is 0 Å². The van der Waals surface area contributed by atoms with E-state index in [1.165, 1.54) is 0 Å². The summed E-state index contributed by atoms with van der Waals surface area (Å²) in [7, 11) is 0. The molecule has 68 valence electrons. The quantitative estimate of drug-likeness (QED) is 0.687. The third kappa shape index (κ3) is 2.32. The molecule has 1 rings (SSSR count). The van der Waals surface area contributed by atoms with Gasteiger partial charge in [0.25, 0.3) is 0 Å². The zero-order chi connectivity index (χ0) is 9.68. The number of hydrogen-bond acceptors (Lipinski definition) is 1. The summed E-state index contributed by atoms with van der Waals surface area (Å²) in [6.07, 6.45) is 1.05. The lowest BCUT2D eigenvalue weighted by Gasteiger charge is -2.15. The van der Waals surface area contributed by atoms with Gasteiger partial charge in [-0.15, -0.1) is 0 Å². The largest absolute Gasteiger partial charge is 0.198 e. The Hall–Kier alpha value is -1.29. The van der Waals surface area contributed by atoms with Crippen LogP contribution in [0.25, 0.3) is 0 Å². The maximum absolute atomic E-state index is 9.03. The molecule has 1 nitrogen and oxygen atoms in total. The minimum Gasteiger partial charge on any atom is -0.198 e. The third-order valence-electron chi connectivity index (χ3n) is 2.51. The highest BCUT2D eigenvalue weighted by molar-refractivity contribution is 5.25. The van der Waals surface area contributed by atoms with Gasteiger partial charge in [0.1, 0.15) is 0 Å². The summed E-state index contributed by atoms with van der Waals surface area (Å²) in [5, 5.41) is 9.03. The summed E-state index contributed by atoms with van der Waals surface area (Å²) in [5.74, 6) is 0.485. The molecule has 0 bridgehead atoms. The second-order valence-electron chi connectivity index (χ2n) is 3.40. The van der Waals surface area contributed by atoms with Crippen molar-refractivity contribution in [3.8, 4) is 6.07 Å². The van der Waals surface area contributed by atoms with E-state index in [4.69, 9.17) is 5.26 Å². The fourth-order valence-corrected chi connectivity index (χ4v) is 1.43. The maximum atomic E-state index is 9.03. The minimum atomic E-state index is 0.0474. The molecule has 2 unspecified atom stereocenters. The van der Waals surface area contributed by atoms with Crippen molar-refractivity contribution in [3.63, 3.8) is 0 Å². The molecule has 0 amide bonds. The predicted octanol–water partition coefficient (Wildman–Crippen LogP) is 3.34.